The third kappa shape index (κ3) is 5.61. The monoisotopic (exact) mass is 319 g/mol. The van der Waals surface area contributed by atoms with Crippen LogP contribution in [0.3, 0.4) is 0 Å². The van der Waals surface area contributed by atoms with Gasteiger partial charge in [0.2, 0.25) is 0 Å². The Morgan fingerprint density at radius 2 is 1.96 bits per heavy atom. The predicted octanol–water partition coefficient (Wildman–Crippen LogP) is 1.73. The molecule has 1 saturated carbocycles. The highest BCUT2D eigenvalue weighted by Gasteiger charge is 2.22. The van der Waals surface area contributed by atoms with Crippen molar-refractivity contribution in [1.29, 1.82) is 0 Å². The second kappa shape index (κ2) is 7.62. The molecule has 0 unspecified atom stereocenters. The van der Waals surface area contributed by atoms with Gasteiger partial charge in [0.25, 0.3) is 5.91 Å². The number of carboxylic acids is 1. The van der Waals surface area contributed by atoms with Crippen molar-refractivity contribution in [3.63, 3.8) is 0 Å². The molecular weight excluding hydrogens is 298 g/mol. The van der Waals surface area contributed by atoms with Gasteiger partial charge in [0, 0.05) is 24.3 Å². The highest BCUT2D eigenvalue weighted by Crippen LogP contribution is 2.27. The van der Waals surface area contributed by atoms with Crippen LogP contribution in [-0.2, 0) is 4.79 Å². The molecule has 2 rings (SSSR count). The third-order valence-electron chi connectivity index (χ3n) is 3.62. The Labute approximate surface area is 134 Å². The number of nitrogens with one attached hydrogen (secondary N) is 3. The summed E-state index contributed by atoms with van der Waals surface area (Å²) in [6, 6.07) is 4.60. The van der Waals surface area contributed by atoms with Crippen molar-refractivity contribution < 1.29 is 19.5 Å². The Balaban J connectivity index is 1.91. The average molecular weight is 319 g/mol. The number of urea groups is 1. The SMILES string of the molecule is Cc1ccc(C(=O)NCC2CC2)cc1NC(=O)NCCC(=O)O. The molecule has 0 aromatic heterocycles. The minimum atomic E-state index is -0.976. The predicted molar refractivity (Wildman–Crippen MR) is 85.5 cm³/mol. The van der Waals surface area contributed by atoms with Gasteiger partial charge in [-0.2, -0.15) is 0 Å². The van der Waals surface area contributed by atoms with E-state index in [9.17, 15) is 14.4 Å². The van der Waals surface area contributed by atoms with Gasteiger partial charge >= 0.3 is 12.0 Å². The van der Waals surface area contributed by atoms with Crippen molar-refractivity contribution in [3.8, 4) is 0 Å². The normalized spacial score (nSPS) is 13.3. The number of carbonyl (C=O) groups is 3. The number of hydrogen-bond donors (Lipinski definition) is 4. The molecule has 0 spiro atoms. The van der Waals surface area contributed by atoms with E-state index in [-0.39, 0.29) is 18.9 Å². The van der Waals surface area contributed by atoms with Gasteiger partial charge in [-0.25, -0.2) is 4.79 Å². The molecule has 1 aliphatic rings. The fourth-order valence-electron chi connectivity index (χ4n) is 2.01. The summed E-state index contributed by atoms with van der Waals surface area (Å²) in [4.78, 5) is 34.2. The summed E-state index contributed by atoms with van der Waals surface area (Å²) in [5, 5.41) is 16.5. The van der Waals surface area contributed by atoms with Crippen LogP contribution in [-0.4, -0.2) is 36.1 Å². The molecule has 1 aromatic rings. The molecule has 1 aromatic carbocycles. The lowest BCUT2D eigenvalue weighted by molar-refractivity contribution is -0.136. The molecule has 124 valence electrons. The number of benzene rings is 1. The highest BCUT2D eigenvalue weighted by atomic mass is 16.4. The number of aliphatic carboxylic acids is 1. The molecule has 7 nitrogen and oxygen atoms in total. The van der Waals surface area contributed by atoms with Crippen LogP contribution in [0, 0.1) is 12.8 Å². The van der Waals surface area contributed by atoms with Crippen LogP contribution >= 0.6 is 0 Å². The average Bonchev–Trinajstić information content (AvgIpc) is 3.31. The van der Waals surface area contributed by atoms with Crippen LogP contribution in [0.2, 0.25) is 0 Å². The summed E-state index contributed by atoms with van der Waals surface area (Å²) in [7, 11) is 0. The van der Waals surface area contributed by atoms with Crippen LogP contribution in [0.1, 0.15) is 35.2 Å². The van der Waals surface area contributed by atoms with Crippen LogP contribution in [0.15, 0.2) is 18.2 Å². The molecule has 4 N–H and O–H groups in total. The zero-order valence-corrected chi connectivity index (χ0v) is 13.0. The minimum absolute atomic E-state index is 0.0434. The molecule has 0 aliphatic heterocycles. The maximum absolute atomic E-state index is 12.1. The smallest absolute Gasteiger partial charge is 0.319 e. The Kier molecular flexibility index (Phi) is 5.56. The molecule has 0 bridgehead atoms. The number of carboxylic acid groups (broad SMARTS) is 1. The second-order valence-electron chi connectivity index (χ2n) is 5.71. The van der Waals surface area contributed by atoms with Crippen molar-refractivity contribution in [2.75, 3.05) is 18.4 Å². The Bertz CT molecular complexity index is 611. The first-order valence-corrected chi connectivity index (χ1v) is 7.61. The lowest BCUT2D eigenvalue weighted by Gasteiger charge is -2.11. The van der Waals surface area contributed by atoms with Gasteiger partial charge in [0.15, 0.2) is 0 Å². The molecule has 1 aliphatic carbocycles. The first-order valence-electron chi connectivity index (χ1n) is 7.61. The number of aryl methyl sites for hydroxylation is 1. The van der Waals surface area contributed by atoms with E-state index in [2.05, 4.69) is 16.0 Å². The van der Waals surface area contributed by atoms with Crippen molar-refractivity contribution in [2.45, 2.75) is 26.2 Å². The summed E-state index contributed by atoms with van der Waals surface area (Å²) in [5.41, 5.74) is 1.83. The van der Waals surface area contributed by atoms with Gasteiger partial charge in [-0.3, -0.25) is 9.59 Å². The van der Waals surface area contributed by atoms with Crippen LogP contribution in [0.4, 0.5) is 10.5 Å². The lowest BCUT2D eigenvalue weighted by atomic mass is 10.1. The lowest BCUT2D eigenvalue weighted by Crippen LogP contribution is -2.31. The van der Waals surface area contributed by atoms with E-state index in [1.807, 2.05) is 6.92 Å². The highest BCUT2D eigenvalue weighted by molar-refractivity contribution is 5.97. The molecule has 0 saturated heterocycles. The molecule has 3 amide bonds. The molecular formula is C16H21N3O4. The number of carbonyl (C=O) groups excluding carboxylic acids is 2. The van der Waals surface area contributed by atoms with Crippen molar-refractivity contribution in [2.24, 2.45) is 5.92 Å². The molecule has 0 radical (unpaired) electrons. The van der Waals surface area contributed by atoms with E-state index in [1.54, 1.807) is 18.2 Å². The van der Waals surface area contributed by atoms with E-state index in [0.717, 1.165) is 18.4 Å². The topological polar surface area (TPSA) is 108 Å². The summed E-state index contributed by atoms with van der Waals surface area (Å²) in [5.74, 6) is -0.538. The largest absolute Gasteiger partial charge is 0.481 e. The third-order valence-corrected chi connectivity index (χ3v) is 3.62. The van der Waals surface area contributed by atoms with Crippen molar-refractivity contribution >= 4 is 23.6 Å². The molecule has 0 heterocycles. The fraction of sp³-hybridized carbons (Fsp3) is 0.438. The number of rotatable bonds is 7. The van der Waals surface area contributed by atoms with Gasteiger partial charge < -0.3 is 21.1 Å². The Morgan fingerprint density at radius 3 is 2.61 bits per heavy atom. The zero-order valence-electron chi connectivity index (χ0n) is 13.0. The standard InChI is InChI=1S/C16H21N3O4/c1-10-2-5-12(15(22)18-9-11-3-4-11)8-13(10)19-16(23)17-7-6-14(20)21/h2,5,8,11H,3-4,6-7,9H2,1H3,(H,18,22)(H,20,21)(H2,17,19,23). The van der Waals surface area contributed by atoms with E-state index >= 15 is 0 Å². The second-order valence-corrected chi connectivity index (χ2v) is 5.71. The minimum Gasteiger partial charge on any atom is -0.481 e. The Hall–Kier alpha value is -2.57. The van der Waals surface area contributed by atoms with E-state index < -0.39 is 12.0 Å². The molecule has 7 heteroatoms. The Morgan fingerprint density at radius 1 is 1.22 bits per heavy atom. The fourth-order valence-corrected chi connectivity index (χ4v) is 2.01. The van der Waals surface area contributed by atoms with Crippen LogP contribution in [0.25, 0.3) is 0 Å². The van der Waals surface area contributed by atoms with Gasteiger partial charge in [0.05, 0.1) is 6.42 Å². The van der Waals surface area contributed by atoms with Gasteiger partial charge in [-0.1, -0.05) is 6.07 Å². The van der Waals surface area contributed by atoms with Crippen molar-refractivity contribution in [1.82, 2.24) is 10.6 Å². The summed E-state index contributed by atoms with van der Waals surface area (Å²) in [6.07, 6.45) is 2.19. The van der Waals surface area contributed by atoms with Gasteiger partial charge in [-0.05, 0) is 43.4 Å². The van der Waals surface area contributed by atoms with Crippen LogP contribution < -0.4 is 16.0 Å². The summed E-state index contributed by atoms with van der Waals surface area (Å²) >= 11 is 0. The zero-order chi connectivity index (χ0) is 16.8. The summed E-state index contributed by atoms with van der Waals surface area (Å²) < 4.78 is 0. The van der Waals surface area contributed by atoms with E-state index in [1.165, 1.54) is 0 Å². The first-order chi connectivity index (χ1) is 11.0. The number of hydrogen-bond acceptors (Lipinski definition) is 3. The summed E-state index contributed by atoms with van der Waals surface area (Å²) in [6.45, 7) is 2.55. The molecule has 1 fully saturated rings. The van der Waals surface area contributed by atoms with E-state index in [0.29, 0.717) is 23.7 Å². The first kappa shape index (κ1) is 16.8. The van der Waals surface area contributed by atoms with Gasteiger partial charge in [-0.15, -0.1) is 0 Å². The van der Waals surface area contributed by atoms with E-state index in [4.69, 9.17) is 5.11 Å². The molecule has 23 heavy (non-hydrogen) atoms. The number of amides is 3. The maximum atomic E-state index is 12.1. The van der Waals surface area contributed by atoms with Crippen LogP contribution in [0.5, 0.6) is 0 Å². The van der Waals surface area contributed by atoms with Gasteiger partial charge in [0.1, 0.15) is 0 Å². The molecule has 0 atom stereocenters. The maximum Gasteiger partial charge on any atom is 0.319 e. The number of anilines is 1. The van der Waals surface area contributed by atoms with Crippen molar-refractivity contribution in [3.05, 3.63) is 29.3 Å². The quantitative estimate of drug-likeness (QED) is 0.614.